The summed E-state index contributed by atoms with van der Waals surface area (Å²) in [6.45, 7) is 1.71. The molecule has 2 aromatic carbocycles. The van der Waals surface area contributed by atoms with Crippen molar-refractivity contribution >= 4 is 45.6 Å². The Kier molecular flexibility index (Phi) is 6.45. The van der Waals surface area contributed by atoms with Crippen LogP contribution in [0.4, 0.5) is 27.8 Å². The molecule has 0 saturated heterocycles. The summed E-state index contributed by atoms with van der Waals surface area (Å²) < 4.78 is 4.77. The van der Waals surface area contributed by atoms with Crippen LogP contribution in [0.3, 0.4) is 0 Å². The van der Waals surface area contributed by atoms with Gasteiger partial charge in [-0.3, -0.25) is 15.4 Å². The average Bonchev–Trinajstić information content (AvgIpc) is 2.73. The highest BCUT2D eigenvalue weighted by molar-refractivity contribution is 6.05. The molecule has 31 heavy (non-hydrogen) atoms. The minimum Gasteiger partial charge on any atom is -0.450 e. The van der Waals surface area contributed by atoms with Gasteiger partial charge in [-0.2, -0.15) is 0 Å². The number of aromatic nitrogens is 1. The third-order valence-corrected chi connectivity index (χ3v) is 4.36. The number of nitrogens with zero attached hydrogens (tertiary/aromatic N) is 3. The summed E-state index contributed by atoms with van der Waals surface area (Å²) in [5.41, 5.74) is 6.12. The molecular weight excluding hydrogens is 404 g/mol. The second kappa shape index (κ2) is 9.39. The first-order valence-corrected chi connectivity index (χ1v) is 9.25. The van der Waals surface area contributed by atoms with Crippen molar-refractivity contribution in [3.05, 3.63) is 64.2 Å². The molecule has 0 saturated carbocycles. The molecule has 0 aliphatic heterocycles. The fraction of sp³-hybridized carbons (Fsp3) is 0.150. The van der Waals surface area contributed by atoms with Gasteiger partial charge in [0.25, 0.3) is 0 Å². The van der Waals surface area contributed by atoms with E-state index in [-0.39, 0.29) is 30.4 Å². The number of ether oxygens (including phenoxy) is 1. The Hall–Kier alpha value is -4.41. The van der Waals surface area contributed by atoms with Gasteiger partial charge < -0.3 is 21.0 Å². The molecule has 160 valence electrons. The van der Waals surface area contributed by atoms with Crippen molar-refractivity contribution in [2.24, 2.45) is 5.16 Å². The van der Waals surface area contributed by atoms with Crippen molar-refractivity contribution in [3.8, 4) is 0 Å². The monoisotopic (exact) mass is 424 g/mol. The molecule has 11 heteroatoms. The number of amides is 1. The summed E-state index contributed by atoms with van der Waals surface area (Å²) in [6, 6.07) is 14.4. The van der Waals surface area contributed by atoms with Crippen LogP contribution in [0.2, 0.25) is 0 Å². The lowest BCUT2D eigenvalue weighted by molar-refractivity contribution is -0.383. The topological polar surface area (TPSA) is 165 Å². The van der Waals surface area contributed by atoms with Crippen LogP contribution >= 0.6 is 0 Å². The molecule has 11 nitrogen and oxygen atoms in total. The molecule has 0 unspecified atom stereocenters. The van der Waals surface area contributed by atoms with Crippen LogP contribution in [-0.2, 0) is 4.74 Å². The number of oxime groups is 1. The molecule has 5 N–H and O–H groups in total. The van der Waals surface area contributed by atoms with Crippen LogP contribution in [0.25, 0.3) is 10.8 Å². The number of pyridine rings is 1. The molecule has 0 aliphatic carbocycles. The maximum absolute atomic E-state index is 11.6. The minimum atomic E-state index is -0.775. The molecule has 1 aromatic heterocycles. The first kappa shape index (κ1) is 21.3. The maximum Gasteiger partial charge on any atom is 0.412 e. The van der Waals surface area contributed by atoms with Gasteiger partial charge in [-0.15, -0.1) is 0 Å². The SMILES string of the molecule is CCOC(=O)Nc1cc(NC/C(=N\O)c2ccc3ccccc3c2)c([N+](=O)[O-])c(N)n1. The van der Waals surface area contributed by atoms with Gasteiger partial charge in [0.2, 0.25) is 5.82 Å². The number of carbonyl (C=O) groups excluding carboxylic acids is 1. The van der Waals surface area contributed by atoms with Gasteiger partial charge in [0.1, 0.15) is 17.2 Å². The zero-order valence-corrected chi connectivity index (χ0v) is 16.5. The van der Waals surface area contributed by atoms with Gasteiger partial charge in [-0.05, 0) is 23.8 Å². The van der Waals surface area contributed by atoms with Crippen molar-refractivity contribution in [3.63, 3.8) is 0 Å². The summed E-state index contributed by atoms with van der Waals surface area (Å²) in [5.74, 6) is -0.424. The Morgan fingerprint density at radius 1 is 1.26 bits per heavy atom. The number of hydrogen-bond acceptors (Lipinski definition) is 9. The number of nitro groups is 1. The predicted molar refractivity (Wildman–Crippen MR) is 117 cm³/mol. The van der Waals surface area contributed by atoms with Gasteiger partial charge in [0.15, 0.2) is 0 Å². The highest BCUT2D eigenvalue weighted by Gasteiger charge is 2.22. The highest BCUT2D eigenvalue weighted by Crippen LogP contribution is 2.32. The summed E-state index contributed by atoms with van der Waals surface area (Å²) in [4.78, 5) is 26.2. The van der Waals surface area contributed by atoms with E-state index in [0.717, 1.165) is 10.8 Å². The first-order chi connectivity index (χ1) is 14.9. The number of anilines is 3. The van der Waals surface area contributed by atoms with Gasteiger partial charge in [-0.1, -0.05) is 41.6 Å². The third-order valence-electron chi connectivity index (χ3n) is 4.36. The van der Waals surface area contributed by atoms with Crippen LogP contribution in [-0.4, -0.2) is 40.1 Å². The smallest absolute Gasteiger partial charge is 0.412 e. The van der Waals surface area contributed by atoms with Crippen LogP contribution in [0.15, 0.2) is 53.7 Å². The van der Waals surface area contributed by atoms with Crippen molar-refractivity contribution in [2.75, 3.05) is 29.5 Å². The molecular formula is C20H20N6O5. The van der Waals surface area contributed by atoms with Crippen molar-refractivity contribution in [1.29, 1.82) is 0 Å². The fourth-order valence-corrected chi connectivity index (χ4v) is 2.96. The van der Waals surface area contributed by atoms with Crippen LogP contribution in [0, 0.1) is 10.1 Å². The number of benzene rings is 2. The third kappa shape index (κ3) is 4.96. The zero-order chi connectivity index (χ0) is 22.4. The molecule has 0 radical (unpaired) electrons. The van der Waals surface area contributed by atoms with E-state index in [0.29, 0.717) is 5.56 Å². The lowest BCUT2D eigenvalue weighted by atomic mass is 10.0. The Morgan fingerprint density at radius 3 is 2.68 bits per heavy atom. The molecule has 0 aliphatic rings. The zero-order valence-electron chi connectivity index (χ0n) is 16.5. The standard InChI is InChI=1S/C20H20N6O5/c1-2-31-20(27)24-17-10-15(18(26(29)30)19(21)23-17)22-11-16(25-28)14-8-7-12-5-3-4-6-13(12)9-14/h3-10,28H,2,11H2,1H3,(H4,21,22,23,24,27)/b25-16+. The number of rotatable bonds is 7. The van der Waals surface area contributed by atoms with E-state index in [1.807, 2.05) is 36.4 Å². The van der Waals surface area contributed by atoms with Crippen LogP contribution < -0.4 is 16.4 Å². The van der Waals surface area contributed by atoms with Gasteiger partial charge >= 0.3 is 11.8 Å². The minimum absolute atomic E-state index is 0.00811. The summed E-state index contributed by atoms with van der Waals surface area (Å²) in [5, 5.41) is 31.4. The lowest BCUT2D eigenvalue weighted by Crippen LogP contribution is -2.18. The number of nitrogens with two attached hydrogens (primary N) is 1. The molecule has 1 heterocycles. The molecule has 0 fully saturated rings. The lowest BCUT2D eigenvalue weighted by Gasteiger charge is -2.12. The molecule has 3 aromatic rings. The second-order valence-electron chi connectivity index (χ2n) is 6.35. The van der Waals surface area contributed by atoms with E-state index < -0.39 is 22.5 Å². The van der Waals surface area contributed by atoms with Crippen molar-refractivity contribution < 1.29 is 19.7 Å². The van der Waals surface area contributed by atoms with Crippen LogP contribution in [0.1, 0.15) is 12.5 Å². The number of hydrogen-bond donors (Lipinski definition) is 4. The maximum atomic E-state index is 11.6. The van der Waals surface area contributed by atoms with Gasteiger partial charge in [-0.25, -0.2) is 9.78 Å². The van der Waals surface area contributed by atoms with Crippen LogP contribution in [0.5, 0.6) is 0 Å². The second-order valence-corrected chi connectivity index (χ2v) is 6.35. The van der Waals surface area contributed by atoms with Crippen molar-refractivity contribution in [2.45, 2.75) is 6.92 Å². The normalized spacial score (nSPS) is 11.2. The predicted octanol–water partition coefficient (Wildman–Crippen LogP) is 3.58. The summed E-state index contributed by atoms with van der Waals surface area (Å²) in [6.07, 6.45) is -0.775. The number of fused-ring (bicyclic) bond motifs is 1. The number of nitrogens with one attached hydrogen (secondary N) is 2. The Morgan fingerprint density at radius 2 is 2.00 bits per heavy atom. The largest absolute Gasteiger partial charge is 0.450 e. The number of carbonyl (C=O) groups is 1. The molecule has 0 bridgehead atoms. The molecule has 1 amide bonds. The van der Waals surface area contributed by atoms with Gasteiger partial charge in [0.05, 0.1) is 18.1 Å². The van der Waals surface area contributed by atoms with E-state index in [9.17, 15) is 20.1 Å². The highest BCUT2D eigenvalue weighted by atomic mass is 16.6. The van der Waals surface area contributed by atoms with E-state index >= 15 is 0 Å². The first-order valence-electron chi connectivity index (χ1n) is 9.25. The Labute approximate surface area is 176 Å². The van der Waals surface area contributed by atoms with Gasteiger partial charge in [0, 0.05) is 11.6 Å². The average molecular weight is 424 g/mol. The Bertz CT molecular complexity index is 1160. The molecule has 3 rings (SSSR count). The summed E-state index contributed by atoms with van der Waals surface area (Å²) in [7, 11) is 0. The van der Waals surface area contributed by atoms with Crippen molar-refractivity contribution in [1.82, 2.24) is 4.98 Å². The van der Waals surface area contributed by atoms with E-state index in [1.165, 1.54) is 6.07 Å². The molecule has 0 atom stereocenters. The summed E-state index contributed by atoms with van der Waals surface area (Å²) >= 11 is 0. The molecule has 0 spiro atoms. The van der Waals surface area contributed by atoms with E-state index in [1.54, 1.807) is 13.0 Å². The Balaban J connectivity index is 1.87. The number of nitrogen functional groups attached to an aromatic ring is 1. The quantitative estimate of drug-likeness (QED) is 0.193. The van der Waals surface area contributed by atoms with E-state index in [4.69, 9.17) is 10.5 Å². The fourth-order valence-electron chi connectivity index (χ4n) is 2.96. The van der Waals surface area contributed by atoms with E-state index in [2.05, 4.69) is 20.8 Å².